The van der Waals surface area contributed by atoms with Crippen LogP contribution in [0.25, 0.3) is 0 Å². The minimum absolute atomic E-state index is 0.769. The Morgan fingerprint density at radius 3 is 3.20 bits per heavy atom. The van der Waals surface area contributed by atoms with E-state index in [1.807, 2.05) is 13.5 Å². The lowest BCUT2D eigenvalue weighted by Crippen LogP contribution is -1.88. The molecule has 0 spiro atoms. The molecule has 1 radical (unpaired) electrons. The highest BCUT2D eigenvalue weighted by Crippen LogP contribution is 2.10. The van der Waals surface area contributed by atoms with Gasteiger partial charge in [-0.25, -0.2) is 0 Å². The molecule has 2 heteroatoms. The van der Waals surface area contributed by atoms with E-state index in [1.54, 1.807) is 11.3 Å². The molecule has 0 amide bonds. The van der Waals surface area contributed by atoms with Gasteiger partial charge in [0.25, 0.3) is 0 Å². The molecule has 0 fully saturated rings. The SMILES string of the molecule is CCO[CH]Cc1cccs1. The summed E-state index contributed by atoms with van der Waals surface area (Å²) in [4.78, 5) is 1.36. The maximum absolute atomic E-state index is 5.09. The van der Waals surface area contributed by atoms with E-state index in [-0.39, 0.29) is 0 Å². The average molecular weight is 155 g/mol. The van der Waals surface area contributed by atoms with Gasteiger partial charge in [-0.05, 0) is 18.4 Å². The Morgan fingerprint density at radius 2 is 2.60 bits per heavy atom. The molecule has 0 saturated heterocycles. The first-order valence-electron chi connectivity index (χ1n) is 3.39. The summed E-state index contributed by atoms with van der Waals surface area (Å²) in [5.41, 5.74) is 0. The third kappa shape index (κ3) is 2.50. The second-order valence-corrected chi connectivity index (χ2v) is 2.94. The summed E-state index contributed by atoms with van der Waals surface area (Å²) in [7, 11) is 0. The summed E-state index contributed by atoms with van der Waals surface area (Å²) < 4.78 is 5.09. The lowest BCUT2D eigenvalue weighted by atomic mass is 10.4. The zero-order valence-electron chi connectivity index (χ0n) is 6.04. The van der Waals surface area contributed by atoms with Crippen molar-refractivity contribution in [3.8, 4) is 0 Å². The van der Waals surface area contributed by atoms with Gasteiger partial charge in [-0.3, -0.25) is 0 Å². The van der Waals surface area contributed by atoms with Crippen molar-refractivity contribution in [3.05, 3.63) is 29.0 Å². The van der Waals surface area contributed by atoms with Crippen LogP contribution in [0, 0.1) is 6.61 Å². The predicted octanol–water partition coefficient (Wildman–Crippen LogP) is 2.49. The van der Waals surface area contributed by atoms with Crippen molar-refractivity contribution >= 4 is 11.3 Å². The molecule has 0 saturated carbocycles. The Morgan fingerprint density at radius 1 is 1.70 bits per heavy atom. The second kappa shape index (κ2) is 4.47. The van der Waals surface area contributed by atoms with Gasteiger partial charge in [0.15, 0.2) is 0 Å². The minimum Gasteiger partial charge on any atom is -0.375 e. The van der Waals surface area contributed by atoms with Gasteiger partial charge >= 0.3 is 0 Å². The van der Waals surface area contributed by atoms with E-state index in [4.69, 9.17) is 4.74 Å². The Bertz CT molecular complexity index is 158. The van der Waals surface area contributed by atoms with Crippen LogP contribution in [-0.4, -0.2) is 6.61 Å². The zero-order chi connectivity index (χ0) is 7.23. The number of rotatable bonds is 4. The fraction of sp³-hybridized carbons (Fsp3) is 0.375. The molecule has 0 aromatic carbocycles. The molecule has 1 heterocycles. The minimum atomic E-state index is 0.769. The first kappa shape index (κ1) is 7.76. The average Bonchev–Trinajstić information content (AvgIpc) is 2.41. The molecular formula is C8H11OS. The smallest absolute Gasteiger partial charge is 0.0888 e. The molecule has 0 unspecified atom stereocenters. The molecule has 1 aromatic heterocycles. The van der Waals surface area contributed by atoms with Crippen molar-refractivity contribution in [1.29, 1.82) is 0 Å². The zero-order valence-corrected chi connectivity index (χ0v) is 6.86. The van der Waals surface area contributed by atoms with E-state index in [9.17, 15) is 0 Å². The van der Waals surface area contributed by atoms with E-state index in [0.29, 0.717) is 0 Å². The molecule has 1 rings (SSSR count). The fourth-order valence-corrected chi connectivity index (χ4v) is 1.34. The van der Waals surface area contributed by atoms with Crippen molar-refractivity contribution in [1.82, 2.24) is 0 Å². The normalized spacial score (nSPS) is 10.1. The molecule has 55 valence electrons. The van der Waals surface area contributed by atoms with E-state index >= 15 is 0 Å². The van der Waals surface area contributed by atoms with E-state index < -0.39 is 0 Å². The predicted molar refractivity (Wildman–Crippen MR) is 43.9 cm³/mol. The Labute approximate surface area is 65.6 Å². The van der Waals surface area contributed by atoms with Gasteiger partial charge < -0.3 is 4.74 Å². The summed E-state index contributed by atoms with van der Waals surface area (Å²) in [5, 5.41) is 2.08. The molecule has 0 N–H and O–H groups in total. The van der Waals surface area contributed by atoms with Crippen LogP contribution in [0.2, 0.25) is 0 Å². The Balaban J connectivity index is 2.15. The van der Waals surface area contributed by atoms with Crippen molar-refractivity contribution in [2.45, 2.75) is 13.3 Å². The number of thiophene rings is 1. The van der Waals surface area contributed by atoms with Crippen molar-refractivity contribution in [3.63, 3.8) is 0 Å². The van der Waals surface area contributed by atoms with Crippen LogP contribution in [0.3, 0.4) is 0 Å². The lowest BCUT2D eigenvalue weighted by Gasteiger charge is -1.95. The highest BCUT2D eigenvalue weighted by molar-refractivity contribution is 7.09. The first-order chi connectivity index (χ1) is 4.93. The maximum atomic E-state index is 5.09. The molecule has 1 nitrogen and oxygen atoms in total. The quantitative estimate of drug-likeness (QED) is 0.607. The summed E-state index contributed by atoms with van der Waals surface area (Å²) in [6.45, 7) is 4.61. The molecule has 0 aliphatic carbocycles. The van der Waals surface area contributed by atoms with E-state index in [1.165, 1.54) is 4.88 Å². The van der Waals surface area contributed by atoms with Crippen LogP contribution in [0.15, 0.2) is 17.5 Å². The van der Waals surface area contributed by atoms with Gasteiger partial charge in [0.2, 0.25) is 0 Å². The van der Waals surface area contributed by atoms with Gasteiger partial charge in [-0.2, -0.15) is 0 Å². The second-order valence-electron chi connectivity index (χ2n) is 1.91. The standard InChI is InChI=1S/C8H11OS/c1-2-9-6-5-8-4-3-7-10-8/h3-4,6-7H,2,5H2,1H3. The Hall–Kier alpha value is -0.340. The topological polar surface area (TPSA) is 9.23 Å². The monoisotopic (exact) mass is 155 g/mol. The molecule has 1 aromatic rings. The van der Waals surface area contributed by atoms with E-state index in [0.717, 1.165) is 13.0 Å². The molecule has 0 bridgehead atoms. The van der Waals surface area contributed by atoms with Crippen molar-refractivity contribution < 1.29 is 4.74 Å². The van der Waals surface area contributed by atoms with Crippen LogP contribution in [-0.2, 0) is 11.2 Å². The summed E-state index contributed by atoms with van der Waals surface area (Å²) >= 11 is 1.76. The van der Waals surface area contributed by atoms with Crippen LogP contribution < -0.4 is 0 Å². The first-order valence-corrected chi connectivity index (χ1v) is 4.27. The van der Waals surface area contributed by atoms with Crippen molar-refractivity contribution in [2.24, 2.45) is 0 Å². The summed E-state index contributed by atoms with van der Waals surface area (Å²) in [6, 6.07) is 4.17. The van der Waals surface area contributed by atoms with Gasteiger partial charge in [0.05, 0.1) is 6.61 Å². The van der Waals surface area contributed by atoms with Gasteiger partial charge in [-0.1, -0.05) is 6.07 Å². The maximum Gasteiger partial charge on any atom is 0.0888 e. The number of hydrogen-bond donors (Lipinski definition) is 0. The molecule has 0 aliphatic heterocycles. The third-order valence-electron chi connectivity index (χ3n) is 1.15. The summed E-state index contributed by atoms with van der Waals surface area (Å²) in [6.07, 6.45) is 0.936. The number of ether oxygens (including phenoxy) is 1. The van der Waals surface area contributed by atoms with Crippen LogP contribution >= 0.6 is 11.3 Å². The van der Waals surface area contributed by atoms with E-state index in [2.05, 4.69) is 17.5 Å². The van der Waals surface area contributed by atoms with Gasteiger partial charge in [0.1, 0.15) is 0 Å². The lowest BCUT2D eigenvalue weighted by molar-refractivity contribution is 0.213. The van der Waals surface area contributed by atoms with Crippen LogP contribution in [0.1, 0.15) is 11.8 Å². The van der Waals surface area contributed by atoms with Gasteiger partial charge in [-0.15, -0.1) is 11.3 Å². The van der Waals surface area contributed by atoms with Gasteiger partial charge in [0, 0.05) is 17.9 Å². The fourth-order valence-electron chi connectivity index (χ4n) is 0.688. The molecule has 10 heavy (non-hydrogen) atoms. The summed E-state index contributed by atoms with van der Waals surface area (Å²) in [5.74, 6) is 0. The molecular weight excluding hydrogens is 144 g/mol. The highest BCUT2D eigenvalue weighted by Gasteiger charge is 1.91. The van der Waals surface area contributed by atoms with Crippen LogP contribution in [0.5, 0.6) is 0 Å². The third-order valence-corrected chi connectivity index (χ3v) is 2.05. The largest absolute Gasteiger partial charge is 0.375 e. The Kier molecular flexibility index (Phi) is 3.47. The van der Waals surface area contributed by atoms with Crippen LogP contribution in [0.4, 0.5) is 0 Å². The molecule has 0 atom stereocenters. The molecule has 0 aliphatic rings. The van der Waals surface area contributed by atoms with Crippen molar-refractivity contribution in [2.75, 3.05) is 6.61 Å². The highest BCUT2D eigenvalue weighted by atomic mass is 32.1. The number of hydrogen-bond acceptors (Lipinski definition) is 2.